The smallest absolute Gasteiger partial charge is 0.314 e. The fraction of sp³-hybridized carbons (Fsp3) is 0.774. The maximum atomic E-state index is 13.1. The van der Waals surface area contributed by atoms with Crippen molar-refractivity contribution in [3.8, 4) is 11.5 Å². The molecule has 3 saturated carbocycles. The van der Waals surface area contributed by atoms with Gasteiger partial charge in [0.15, 0.2) is 0 Å². The molecule has 34 heavy (non-hydrogen) atoms. The molecule has 3 aliphatic rings. The molecule has 1 aromatic carbocycles. The highest BCUT2D eigenvalue weighted by atomic mass is 16.5. The largest absolute Gasteiger partial charge is 0.497 e. The average molecular weight is 469 g/mol. The van der Waals surface area contributed by atoms with Crippen molar-refractivity contribution >= 4 is 5.97 Å². The van der Waals surface area contributed by atoms with Crippen LogP contribution in [0.3, 0.4) is 0 Å². The summed E-state index contributed by atoms with van der Waals surface area (Å²) in [5, 5.41) is 0. The van der Waals surface area contributed by atoms with Crippen LogP contribution in [-0.4, -0.2) is 13.1 Å². The quantitative estimate of drug-likeness (QED) is 0.196. The monoisotopic (exact) mass is 468 g/mol. The van der Waals surface area contributed by atoms with Gasteiger partial charge in [-0.25, -0.2) is 0 Å². The van der Waals surface area contributed by atoms with Crippen LogP contribution in [0.5, 0.6) is 11.5 Å². The lowest BCUT2D eigenvalue weighted by Crippen LogP contribution is -2.40. The Balaban J connectivity index is 1.22. The van der Waals surface area contributed by atoms with Gasteiger partial charge in [0.1, 0.15) is 11.5 Å². The van der Waals surface area contributed by atoms with E-state index in [0.717, 1.165) is 35.8 Å². The van der Waals surface area contributed by atoms with Gasteiger partial charge >= 0.3 is 5.97 Å². The first-order chi connectivity index (χ1) is 16.7. The molecule has 1 aromatic rings. The van der Waals surface area contributed by atoms with E-state index in [2.05, 4.69) is 6.92 Å². The summed E-state index contributed by atoms with van der Waals surface area (Å²) in [5.74, 6) is 5.64. The SMILES string of the molecule is CCCCCCCC1CCC(C2CCC3C(CCCC3C(=O)Oc3ccc(OC)cc3)C2)CC1. The van der Waals surface area contributed by atoms with Gasteiger partial charge in [0.05, 0.1) is 13.0 Å². The summed E-state index contributed by atoms with van der Waals surface area (Å²) in [7, 11) is 1.65. The number of rotatable bonds is 10. The van der Waals surface area contributed by atoms with Crippen molar-refractivity contribution in [3.05, 3.63) is 24.3 Å². The van der Waals surface area contributed by atoms with E-state index in [9.17, 15) is 4.79 Å². The van der Waals surface area contributed by atoms with Crippen molar-refractivity contribution in [2.75, 3.05) is 7.11 Å². The molecule has 0 radical (unpaired) electrons. The fourth-order valence-electron chi connectivity index (χ4n) is 7.54. The summed E-state index contributed by atoms with van der Waals surface area (Å²) >= 11 is 0. The normalized spacial score (nSPS) is 31.5. The Kier molecular flexibility index (Phi) is 9.77. The van der Waals surface area contributed by atoms with Crippen LogP contribution >= 0.6 is 0 Å². The molecule has 3 nitrogen and oxygen atoms in total. The molecular weight excluding hydrogens is 420 g/mol. The fourth-order valence-corrected chi connectivity index (χ4v) is 7.54. The van der Waals surface area contributed by atoms with Crippen LogP contribution in [0.2, 0.25) is 0 Å². The number of unbranched alkanes of at least 4 members (excludes halogenated alkanes) is 4. The second-order valence-corrected chi connectivity index (χ2v) is 11.6. The number of benzene rings is 1. The second kappa shape index (κ2) is 13.0. The molecule has 3 aliphatic carbocycles. The van der Waals surface area contributed by atoms with E-state index < -0.39 is 0 Å². The Morgan fingerprint density at radius 1 is 0.794 bits per heavy atom. The number of hydrogen-bond acceptors (Lipinski definition) is 3. The van der Waals surface area contributed by atoms with Gasteiger partial charge in [-0.15, -0.1) is 0 Å². The van der Waals surface area contributed by atoms with Crippen LogP contribution in [0.15, 0.2) is 24.3 Å². The highest BCUT2D eigenvalue weighted by Crippen LogP contribution is 2.50. The average Bonchev–Trinajstić information content (AvgIpc) is 2.88. The summed E-state index contributed by atoms with van der Waals surface area (Å²) in [6.45, 7) is 2.30. The zero-order valence-corrected chi connectivity index (χ0v) is 21.8. The molecule has 0 aromatic heterocycles. The van der Waals surface area contributed by atoms with Crippen molar-refractivity contribution in [1.82, 2.24) is 0 Å². The Morgan fingerprint density at radius 3 is 2.24 bits per heavy atom. The summed E-state index contributed by atoms with van der Waals surface area (Å²) in [4.78, 5) is 13.1. The minimum absolute atomic E-state index is 0.00207. The number of carbonyl (C=O) groups is 1. The number of ether oxygens (including phenoxy) is 2. The van der Waals surface area contributed by atoms with E-state index in [1.54, 1.807) is 7.11 Å². The van der Waals surface area contributed by atoms with Crippen molar-refractivity contribution in [3.63, 3.8) is 0 Å². The van der Waals surface area contributed by atoms with Gasteiger partial charge in [0.2, 0.25) is 0 Å². The van der Waals surface area contributed by atoms with E-state index in [1.165, 1.54) is 96.3 Å². The molecule has 4 unspecified atom stereocenters. The third-order valence-electron chi connectivity index (χ3n) is 9.54. The first-order valence-electron chi connectivity index (χ1n) is 14.5. The molecule has 190 valence electrons. The maximum Gasteiger partial charge on any atom is 0.314 e. The van der Waals surface area contributed by atoms with E-state index in [-0.39, 0.29) is 11.9 Å². The molecule has 0 aliphatic heterocycles. The predicted molar refractivity (Wildman–Crippen MR) is 139 cm³/mol. The lowest BCUT2D eigenvalue weighted by atomic mass is 9.59. The molecule has 0 saturated heterocycles. The lowest BCUT2D eigenvalue weighted by Gasteiger charge is -2.46. The molecule has 0 spiro atoms. The molecule has 0 N–H and O–H groups in total. The minimum atomic E-state index is -0.00207. The summed E-state index contributed by atoms with van der Waals surface area (Å²) in [6.07, 6.45) is 21.9. The Bertz CT molecular complexity index is 734. The standard InChI is InChI=1S/C31H48O3/c1-3-4-5-6-7-9-23-12-14-24(15-13-23)25-16-21-29-26(22-25)10-8-11-30(29)31(32)34-28-19-17-27(33-2)18-20-28/h17-20,23-26,29-30H,3-16,21-22H2,1-2H3. The first-order valence-corrected chi connectivity index (χ1v) is 14.5. The molecule has 0 bridgehead atoms. The van der Waals surface area contributed by atoms with Crippen molar-refractivity contribution in [2.45, 2.75) is 110 Å². The predicted octanol–water partition coefficient (Wildman–Crippen LogP) is 8.60. The summed E-state index contributed by atoms with van der Waals surface area (Å²) in [6, 6.07) is 7.41. The number of hydrogen-bond donors (Lipinski definition) is 0. The van der Waals surface area contributed by atoms with E-state index in [0.29, 0.717) is 11.7 Å². The van der Waals surface area contributed by atoms with Gasteiger partial charge in [0.25, 0.3) is 0 Å². The van der Waals surface area contributed by atoms with Crippen molar-refractivity contribution in [2.24, 2.45) is 35.5 Å². The van der Waals surface area contributed by atoms with Gasteiger partial charge in [0, 0.05) is 0 Å². The van der Waals surface area contributed by atoms with Gasteiger partial charge < -0.3 is 9.47 Å². The van der Waals surface area contributed by atoms with E-state index in [4.69, 9.17) is 9.47 Å². The van der Waals surface area contributed by atoms with Gasteiger partial charge in [-0.2, -0.15) is 0 Å². The topological polar surface area (TPSA) is 35.5 Å². The lowest BCUT2D eigenvalue weighted by molar-refractivity contribution is -0.144. The molecule has 4 atom stereocenters. The summed E-state index contributed by atoms with van der Waals surface area (Å²) < 4.78 is 11.0. The van der Waals surface area contributed by atoms with Crippen LogP contribution in [0.4, 0.5) is 0 Å². The van der Waals surface area contributed by atoms with Crippen LogP contribution < -0.4 is 9.47 Å². The molecule has 0 heterocycles. The summed E-state index contributed by atoms with van der Waals surface area (Å²) in [5.41, 5.74) is 0. The number of fused-ring (bicyclic) bond motifs is 1. The Morgan fingerprint density at radius 2 is 1.50 bits per heavy atom. The minimum Gasteiger partial charge on any atom is -0.497 e. The van der Waals surface area contributed by atoms with E-state index >= 15 is 0 Å². The molecule has 0 amide bonds. The third kappa shape index (κ3) is 6.79. The Hall–Kier alpha value is -1.51. The molecule has 4 rings (SSSR count). The van der Waals surface area contributed by atoms with Gasteiger partial charge in [-0.3, -0.25) is 4.79 Å². The van der Waals surface area contributed by atoms with Gasteiger partial charge in [-0.05, 0) is 92.4 Å². The van der Waals surface area contributed by atoms with E-state index in [1.807, 2.05) is 24.3 Å². The van der Waals surface area contributed by atoms with Crippen LogP contribution in [0.1, 0.15) is 110 Å². The van der Waals surface area contributed by atoms with Crippen molar-refractivity contribution in [1.29, 1.82) is 0 Å². The highest BCUT2D eigenvalue weighted by molar-refractivity contribution is 5.75. The van der Waals surface area contributed by atoms with Crippen LogP contribution in [0, 0.1) is 35.5 Å². The van der Waals surface area contributed by atoms with Gasteiger partial charge in [-0.1, -0.05) is 71.1 Å². The molecule has 3 heteroatoms. The zero-order valence-electron chi connectivity index (χ0n) is 21.8. The number of carbonyl (C=O) groups excluding carboxylic acids is 1. The first kappa shape index (κ1) is 25.6. The highest BCUT2D eigenvalue weighted by Gasteiger charge is 2.43. The van der Waals surface area contributed by atoms with Crippen molar-refractivity contribution < 1.29 is 14.3 Å². The van der Waals surface area contributed by atoms with Crippen LogP contribution in [0.25, 0.3) is 0 Å². The third-order valence-corrected chi connectivity index (χ3v) is 9.54. The van der Waals surface area contributed by atoms with Crippen LogP contribution in [-0.2, 0) is 4.79 Å². The Labute approximate surface area is 208 Å². The zero-order chi connectivity index (χ0) is 23.8. The molecule has 3 fully saturated rings. The maximum absolute atomic E-state index is 13.1. The molecular formula is C31H48O3. The number of esters is 1. The second-order valence-electron chi connectivity index (χ2n) is 11.6. The number of methoxy groups -OCH3 is 1.